The highest BCUT2D eigenvalue weighted by Crippen LogP contribution is 2.22. The van der Waals surface area contributed by atoms with E-state index >= 15 is 0 Å². The Morgan fingerprint density at radius 3 is 2.62 bits per heavy atom. The van der Waals surface area contributed by atoms with Crippen LogP contribution in [-0.4, -0.2) is 74.4 Å². The first-order valence-electron chi connectivity index (χ1n) is 5.39. The SMILES string of the molecule is CN(C)CC1CC(O)CN1S(=O)(=O)CCN. The Labute approximate surface area is 97.1 Å². The smallest absolute Gasteiger partial charge is 0.215 e. The molecule has 7 heteroatoms. The van der Waals surface area contributed by atoms with Crippen LogP contribution in [-0.2, 0) is 10.0 Å². The van der Waals surface area contributed by atoms with Crippen LogP contribution in [0.1, 0.15) is 6.42 Å². The second kappa shape index (κ2) is 5.42. The van der Waals surface area contributed by atoms with Crippen molar-refractivity contribution in [1.29, 1.82) is 0 Å². The lowest BCUT2D eigenvalue weighted by molar-refractivity contribution is 0.188. The van der Waals surface area contributed by atoms with Gasteiger partial charge in [0.15, 0.2) is 0 Å². The average molecular weight is 251 g/mol. The van der Waals surface area contributed by atoms with Gasteiger partial charge in [0.1, 0.15) is 0 Å². The summed E-state index contributed by atoms with van der Waals surface area (Å²) in [7, 11) is 0.459. The van der Waals surface area contributed by atoms with Crippen molar-refractivity contribution >= 4 is 10.0 Å². The van der Waals surface area contributed by atoms with Crippen LogP contribution >= 0.6 is 0 Å². The van der Waals surface area contributed by atoms with Gasteiger partial charge in [-0.2, -0.15) is 4.31 Å². The molecule has 1 heterocycles. The predicted molar refractivity (Wildman–Crippen MR) is 62.5 cm³/mol. The maximum Gasteiger partial charge on any atom is 0.215 e. The molecule has 96 valence electrons. The maximum absolute atomic E-state index is 11.9. The number of nitrogens with two attached hydrogens (primary N) is 1. The lowest BCUT2D eigenvalue weighted by Crippen LogP contribution is -2.43. The van der Waals surface area contributed by atoms with Crippen LogP contribution in [0.2, 0.25) is 0 Å². The second-order valence-electron chi connectivity index (χ2n) is 4.48. The summed E-state index contributed by atoms with van der Waals surface area (Å²) in [5, 5.41) is 9.56. The molecule has 1 fully saturated rings. The van der Waals surface area contributed by atoms with Gasteiger partial charge >= 0.3 is 0 Å². The average Bonchev–Trinajstić information content (AvgIpc) is 2.46. The molecule has 0 aromatic carbocycles. The Hall–Kier alpha value is -0.210. The lowest BCUT2D eigenvalue weighted by atomic mass is 10.2. The number of aliphatic hydroxyl groups is 1. The number of rotatable bonds is 5. The van der Waals surface area contributed by atoms with Gasteiger partial charge in [0.25, 0.3) is 0 Å². The van der Waals surface area contributed by atoms with Gasteiger partial charge in [0.05, 0.1) is 11.9 Å². The van der Waals surface area contributed by atoms with E-state index in [1.807, 2.05) is 19.0 Å². The third-order valence-corrected chi connectivity index (χ3v) is 4.56. The molecular formula is C9H21N3O3S. The number of β-amino-alcohol motifs (C(OH)–C–C–N with tert-alkyl or cyclic N) is 1. The van der Waals surface area contributed by atoms with Crippen LogP contribution in [0.5, 0.6) is 0 Å². The quantitative estimate of drug-likeness (QED) is 0.606. The fourth-order valence-corrected chi connectivity index (χ4v) is 3.60. The van der Waals surface area contributed by atoms with Crippen LogP contribution < -0.4 is 5.73 Å². The van der Waals surface area contributed by atoms with Gasteiger partial charge < -0.3 is 15.7 Å². The first kappa shape index (κ1) is 13.9. The number of aliphatic hydroxyl groups excluding tert-OH is 1. The maximum atomic E-state index is 11.9. The number of sulfonamides is 1. The van der Waals surface area contributed by atoms with Crippen LogP contribution in [0.25, 0.3) is 0 Å². The Balaban J connectivity index is 2.76. The largest absolute Gasteiger partial charge is 0.392 e. The molecular weight excluding hydrogens is 230 g/mol. The first-order chi connectivity index (χ1) is 7.36. The molecule has 0 saturated carbocycles. The van der Waals surface area contributed by atoms with Crippen molar-refractivity contribution < 1.29 is 13.5 Å². The monoisotopic (exact) mass is 251 g/mol. The fraction of sp³-hybridized carbons (Fsp3) is 1.00. The number of likely N-dealkylation sites (N-methyl/N-ethyl adjacent to an activating group) is 1. The summed E-state index contributed by atoms with van der Waals surface area (Å²) in [6.45, 7) is 0.936. The minimum Gasteiger partial charge on any atom is -0.392 e. The third-order valence-electron chi connectivity index (χ3n) is 2.65. The predicted octanol–water partition coefficient (Wildman–Crippen LogP) is -1.73. The minimum atomic E-state index is -3.32. The van der Waals surface area contributed by atoms with Crippen molar-refractivity contribution in [1.82, 2.24) is 9.21 Å². The van der Waals surface area contributed by atoms with Gasteiger partial charge in [-0.05, 0) is 20.5 Å². The third kappa shape index (κ3) is 3.39. The second-order valence-corrected chi connectivity index (χ2v) is 6.52. The normalized spacial score (nSPS) is 27.8. The van der Waals surface area contributed by atoms with Crippen molar-refractivity contribution in [2.45, 2.75) is 18.6 Å². The zero-order valence-corrected chi connectivity index (χ0v) is 10.7. The van der Waals surface area contributed by atoms with E-state index in [1.165, 1.54) is 4.31 Å². The molecule has 0 spiro atoms. The molecule has 6 nitrogen and oxygen atoms in total. The molecule has 0 aliphatic carbocycles. The lowest BCUT2D eigenvalue weighted by Gasteiger charge is -2.25. The molecule has 2 atom stereocenters. The summed E-state index contributed by atoms with van der Waals surface area (Å²) in [6.07, 6.45) is -0.0559. The van der Waals surface area contributed by atoms with E-state index in [0.29, 0.717) is 13.0 Å². The molecule has 1 aliphatic heterocycles. The summed E-state index contributed by atoms with van der Waals surface area (Å²) in [4.78, 5) is 1.92. The van der Waals surface area contributed by atoms with Gasteiger partial charge in [-0.3, -0.25) is 0 Å². The molecule has 16 heavy (non-hydrogen) atoms. The van der Waals surface area contributed by atoms with Gasteiger partial charge in [-0.1, -0.05) is 0 Å². The van der Waals surface area contributed by atoms with Crippen LogP contribution in [0.15, 0.2) is 0 Å². The zero-order valence-electron chi connectivity index (χ0n) is 9.83. The topological polar surface area (TPSA) is 86.9 Å². The van der Waals surface area contributed by atoms with Crippen molar-refractivity contribution in [2.75, 3.05) is 39.5 Å². The summed E-state index contributed by atoms with van der Waals surface area (Å²) in [6, 6.07) is -0.137. The van der Waals surface area contributed by atoms with Crippen molar-refractivity contribution in [3.63, 3.8) is 0 Å². The summed E-state index contributed by atoms with van der Waals surface area (Å²) in [5.41, 5.74) is 5.28. The Bertz CT molecular complexity index is 318. The van der Waals surface area contributed by atoms with E-state index in [0.717, 1.165) is 0 Å². The molecule has 3 N–H and O–H groups in total. The molecule has 1 aliphatic rings. The Morgan fingerprint density at radius 1 is 1.50 bits per heavy atom. The van der Waals surface area contributed by atoms with E-state index in [2.05, 4.69) is 0 Å². The summed E-state index contributed by atoms with van der Waals surface area (Å²) < 4.78 is 25.2. The molecule has 0 radical (unpaired) electrons. The number of hydrogen-bond acceptors (Lipinski definition) is 5. The van der Waals surface area contributed by atoms with Gasteiger partial charge in [-0.25, -0.2) is 8.42 Å². The molecule has 1 saturated heterocycles. The first-order valence-corrected chi connectivity index (χ1v) is 7.00. The molecule has 0 aromatic rings. The Morgan fingerprint density at radius 2 is 2.12 bits per heavy atom. The zero-order chi connectivity index (χ0) is 12.3. The summed E-state index contributed by atoms with van der Waals surface area (Å²) in [5.74, 6) is -0.0519. The molecule has 0 aromatic heterocycles. The molecule has 0 bridgehead atoms. The Kier molecular flexibility index (Phi) is 4.69. The fourth-order valence-electron chi connectivity index (χ4n) is 2.06. The molecule has 0 amide bonds. The van der Waals surface area contributed by atoms with E-state index < -0.39 is 16.1 Å². The van der Waals surface area contributed by atoms with Crippen molar-refractivity contribution in [3.05, 3.63) is 0 Å². The van der Waals surface area contributed by atoms with Crippen LogP contribution in [0.4, 0.5) is 0 Å². The van der Waals surface area contributed by atoms with Gasteiger partial charge in [0, 0.05) is 25.7 Å². The van der Waals surface area contributed by atoms with E-state index in [9.17, 15) is 13.5 Å². The highest BCUT2D eigenvalue weighted by Gasteiger charge is 2.38. The van der Waals surface area contributed by atoms with E-state index in [1.54, 1.807) is 0 Å². The molecule has 1 rings (SSSR count). The van der Waals surface area contributed by atoms with E-state index in [4.69, 9.17) is 5.73 Å². The molecule has 2 unspecified atom stereocenters. The van der Waals surface area contributed by atoms with Gasteiger partial charge in [-0.15, -0.1) is 0 Å². The standard InChI is InChI=1S/C9H21N3O3S/c1-11(2)6-8-5-9(13)7-12(8)16(14,15)4-3-10/h8-9,13H,3-7,10H2,1-2H3. The summed E-state index contributed by atoms with van der Waals surface area (Å²) >= 11 is 0. The van der Waals surface area contributed by atoms with Crippen molar-refractivity contribution in [3.8, 4) is 0 Å². The van der Waals surface area contributed by atoms with Crippen LogP contribution in [0.3, 0.4) is 0 Å². The van der Waals surface area contributed by atoms with Crippen molar-refractivity contribution in [2.24, 2.45) is 5.73 Å². The van der Waals surface area contributed by atoms with E-state index in [-0.39, 0.29) is 24.9 Å². The minimum absolute atomic E-state index is 0.0519. The van der Waals surface area contributed by atoms with Gasteiger partial charge in [0.2, 0.25) is 10.0 Å². The number of hydrogen-bond donors (Lipinski definition) is 2. The number of nitrogens with zero attached hydrogens (tertiary/aromatic N) is 2. The van der Waals surface area contributed by atoms with Crippen LogP contribution in [0, 0.1) is 0 Å². The highest BCUT2D eigenvalue weighted by atomic mass is 32.2. The highest BCUT2D eigenvalue weighted by molar-refractivity contribution is 7.89.